The van der Waals surface area contributed by atoms with Crippen molar-refractivity contribution in [2.45, 2.75) is 24.8 Å². The Hall–Kier alpha value is -2.42. The monoisotopic (exact) mass is 418 g/mol. The lowest BCUT2D eigenvalue weighted by Gasteiger charge is -2.26. The number of sulfonamides is 1. The number of hydrogen-bond acceptors (Lipinski definition) is 5. The van der Waals surface area contributed by atoms with E-state index in [0.29, 0.717) is 37.4 Å². The van der Waals surface area contributed by atoms with Gasteiger partial charge in [0.15, 0.2) is 0 Å². The first kappa shape index (κ1) is 21.3. The molecule has 1 fully saturated rings. The van der Waals surface area contributed by atoms with Crippen molar-refractivity contribution in [2.75, 3.05) is 33.4 Å². The van der Waals surface area contributed by atoms with E-state index < -0.39 is 10.0 Å². The van der Waals surface area contributed by atoms with Gasteiger partial charge in [-0.1, -0.05) is 18.2 Å². The number of ether oxygens (including phenoxy) is 2. The summed E-state index contributed by atoms with van der Waals surface area (Å²) in [6.45, 7) is 5.04. The quantitative estimate of drug-likeness (QED) is 0.779. The van der Waals surface area contributed by atoms with Crippen LogP contribution in [0.25, 0.3) is 0 Å². The molecule has 0 unspecified atom stereocenters. The first-order chi connectivity index (χ1) is 13.8. The molecule has 2 aromatic rings. The van der Waals surface area contributed by atoms with Gasteiger partial charge in [-0.25, -0.2) is 8.42 Å². The summed E-state index contributed by atoms with van der Waals surface area (Å²) in [7, 11) is -2.07. The number of amides is 1. The molecule has 2 aromatic carbocycles. The van der Waals surface area contributed by atoms with Gasteiger partial charge in [-0.3, -0.25) is 4.79 Å². The van der Waals surface area contributed by atoms with Crippen molar-refractivity contribution in [2.24, 2.45) is 0 Å². The van der Waals surface area contributed by atoms with Crippen LogP contribution in [0.3, 0.4) is 0 Å². The van der Waals surface area contributed by atoms with Crippen molar-refractivity contribution >= 4 is 15.9 Å². The minimum Gasteiger partial charge on any atom is -0.497 e. The Kier molecular flexibility index (Phi) is 6.56. The van der Waals surface area contributed by atoms with Crippen LogP contribution in [0.5, 0.6) is 5.75 Å². The zero-order chi connectivity index (χ0) is 21.0. The van der Waals surface area contributed by atoms with Crippen molar-refractivity contribution in [3.05, 3.63) is 59.2 Å². The van der Waals surface area contributed by atoms with Gasteiger partial charge in [-0.2, -0.15) is 4.31 Å². The molecule has 156 valence electrons. The Balaban J connectivity index is 1.80. The van der Waals surface area contributed by atoms with Gasteiger partial charge in [0.2, 0.25) is 10.0 Å². The molecule has 1 N–H and O–H groups in total. The second kappa shape index (κ2) is 8.94. The number of nitrogens with zero attached hydrogens (tertiary/aromatic N) is 1. The largest absolute Gasteiger partial charge is 0.497 e. The molecule has 8 heteroatoms. The molecule has 1 aliphatic heterocycles. The van der Waals surface area contributed by atoms with E-state index in [1.165, 1.54) is 10.4 Å². The number of benzene rings is 2. The van der Waals surface area contributed by atoms with Crippen molar-refractivity contribution in [3.8, 4) is 5.75 Å². The van der Waals surface area contributed by atoms with Crippen LogP contribution in [0.1, 0.15) is 34.5 Å². The highest BCUT2D eigenvalue weighted by Crippen LogP contribution is 2.22. The fraction of sp³-hybridized carbons (Fsp3) is 0.381. The number of rotatable bonds is 6. The Morgan fingerprint density at radius 1 is 1.14 bits per heavy atom. The Labute approximate surface area is 171 Å². The molecule has 29 heavy (non-hydrogen) atoms. The van der Waals surface area contributed by atoms with Crippen LogP contribution < -0.4 is 10.1 Å². The standard InChI is InChI=1S/C21H26N2O5S/c1-15-4-9-19(29(25,26)23-10-12-28-13-11-23)14-20(15)21(24)22-16(2)17-5-7-18(27-3)8-6-17/h4-9,14,16H,10-13H2,1-3H3,(H,22,24)/t16-/m1/s1. The van der Waals surface area contributed by atoms with Crippen molar-refractivity contribution in [1.82, 2.24) is 9.62 Å². The van der Waals surface area contributed by atoms with Crippen LogP contribution >= 0.6 is 0 Å². The molecule has 0 aliphatic carbocycles. The Morgan fingerprint density at radius 2 is 1.79 bits per heavy atom. The predicted octanol–water partition coefficient (Wildman–Crippen LogP) is 2.52. The molecule has 1 heterocycles. The summed E-state index contributed by atoms with van der Waals surface area (Å²) in [6, 6.07) is 11.9. The van der Waals surface area contributed by atoms with E-state index in [1.54, 1.807) is 26.2 Å². The van der Waals surface area contributed by atoms with Crippen molar-refractivity contribution in [3.63, 3.8) is 0 Å². The van der Waals surface area contributed by atoms with E-state index in [0.717, 1.165) is 11.3 Å². The molecule has 0 bridgehead atoms. The summed E-state index contributed by atoms with van der Waals surface area (Å²) in [5.41, 5.74) is 1.99. The minimum absolute atomic E-state index is 0.118. The molecule has 1 saturated heterocycles. The van der Waals surface area contributed by atoms with Gasteiger partial charge in [0.1, 0.15) is 5.75 Å². The highest BCUT2D eigenvalue weighted by Gasteiger charge is 2.27. The third-order valence-corrected chi connectivity index (χ3v) is 6.92. The normalized spacial score (nSPS) is 16.2. The molecule has 3 rings (SSSR count). The van der Waals surface area contributed by atoms with Gasteiger partial charge < -0.3 is 14.8 Å². The van der Waals surface area contributed by atoms with Crippen LogP contribution in [0.15, 0.2) is 47.4 Å². The lowest BCUT2D eigenvalue weighted by atomic mass is 10.1. The van der Waals surface area contributed by atoms with E-state index in [2.05, 4.69) is 5.32 Å². The maximum atomic E-state index is 12.9. The molecule has 0 spiro atoms. The lowest BCUT2D eigenvalue weighted by molar-refractivity contribution is 0.0730. The second-order valence-corrected chi connectivity index (χ2v) is 8.90. The highest BCUT2D eigenvalue weighted by atomic mass is 32.2. The van der Waals surface area contributed by atoms with Gasteiger partial charge in [-0.15, -0.1) is 0 Å². The fourth-order valence-electron chi connectivity index (χ4n) is 3.19. The zero-order valence-corrected chi connectivity index (χ0v) is 17.7. The number of hydrogen-bond donors (Lipinski definition) is 1. The number of aryl methyl sites for hydroxylation is 1. The predicted molar refractivity (Wildman–Crippen MR) is 110 cm³/mol. The Bertz CT molecular complexity index is 967. The van der Waals surface area contributed by atoms with Crippen LogP contribution in [-0.4, -0.2) is 52.0 Å². The number of carbonyl (C=O) groups excluding carboxylic acids is 1. The summed E-state index contributed by atoms with van der Waals surface area (Å²) in [6.07, 6.45) is 0. The smallest absolute Gasteiger partial charge is 0.252 e. The maximum Gasteiger partial charge on any atom is 0.252 e. The molecule has 0 saturated carbocycles. The maximum absolute atomic E-state index is 12.9. The highest BCUT2D eigenvalue weighted by molar-refractivity contribution is 7.89. The van der Waals surface area contributed by atoms with Gasteiger partial charge in [0.25, 0.3) is 5.91 Å². The molecular formula is C21H26N2O5S. The van der Waals surface area contributed by atoms with Gasteiger partial charge in [0, 0.05) is 18.7 Å². The third-order valence-electron chi connectivity index (χ3n) is 5.02. The van der Waals surface area contributed by atoms with Gasteiger partial charge >= 0.3 is 0 Å². The number of carbonyl (C=O) groups is 1. The second-order valence-electron chi connectivity index (χ2n) is 6.96. The first-order valence-corrected chi connectivity index (χ1v) is 10.9. The number of morpholine rings is 1. The van der Waals surface area contributed by atoms with E-state index >= 15 is 0 Å². The summed E-state index contributed by atoms with van der Waals surface area (Å²) >= 11 is 0. The molecular weight excluding hydrogens is 392 g/mol. The van der Waals surface area contributed by atoms with E-state index in [-0.39, 0.29) is 16.8 Å². The molecule has 1 aliphatic rings. The van der Waals surface area contributed by atoms with E-state index in [9.17, 15) is 13.2 Å². The van der Waals surface area contributed by atoms with E-state index in [4.69, 9.17) is 9.47 Å². The molecule has 1 amide bonds. The van der Waals surface area contributed by atoms with E-state index in [1.807, 2.05) is 31.2 Å². The summed E-state index contributed by atoms with van der Waals surface area (Å²) in [5.74, 6) is 0.425. The lowest BCUT2D eigenvalue weighted by Crippen LogP contribution is -2.40. The topological polar surface area (TPSA) is 84.9 Å². The third kappa shape index (κ3) is 4.77. The first-order valence-electron chi connectivity index (χ1n) is 9.46. The molecule has 1 atom stereocenters. The van der Waals surface area contributed by atoms with Gasteiger partial charge in [-0.05, 0) is 49.2 Å². The number of methoxy groups -OCH3 is 1. The van der Waals surface area contributed by atoms with Crippen LogP contribution in [0, 0.1) is 6.92 Å². The summed E-state index contributed by atoms with van der Waals surface area (Å²) in [4.78, 5) is 13.0. The molecule has 0 radical (unpaired) electrons. The average Bonchev–Trinajstić information content (AvgIpc) is 2.74. The minimum atomic E-state index is -3.66. The van der Waals surface area contributed by atoms with Crippen molar-refractivity contribution < 1.29 is 22.7 Å². The number of nitrogens with one attached hydrogen (secondary N) is 1. The fourth-order valence-corrected chi connectivity index (χ4v) is 4.63. The SMILES string of the molecule is COc1ccc([C@@H](C)NC(=O)c2cc(S(=O)(=O)N3CCOCC3)ccc2C)cc1. The van der Waals surface area contributed by atoms with Crippen LogP contribution in [0.4, 0.5) is 0 Å². The van der Waals surface area contributed by atoms with Crippen LogP contribution in [-0.2, 0) is 14.8 Å². The molecule has 7 nitrogen and oxygen atoms in total. The zero-order valence-electron chi connectivity index (χ0n) is 16.8. The summed E-state index contributed by atoms with van der Waals surface area (Å²) in [5, 5.41) is 2.94. The van der Waals surface area contributed by atoms with Crippen LogP contribution in [0.2, 0.25) is 0 Å². The summed E-state index contributed by atoms with van der Waals surface area (Å²) < 4.78 is 37.6. The van der Waals surface area contributed by atoms with Gasteiger partial charge in [0.05, 0.1) is 31.3 Å². The van der Waals surface area contributed by atoms with Crippen molar-refractivity contribution in [1.29, 1.82) is 0 Å². The average molecular weight is 419 g/mol. The Morgan fingerprint density at radius 3 is 2.41 bits per heavy atom. The molecule has 0 aromatic heterocycles.